The Hall–Kier alpha value is -1.94. The zero-order valence-corrected chi connectivity index (χ0v) is 60.6. The van der Waals surface area contributed by atoms with Crippen LogP contribution in [0.1, 0.15) is 351 Å². The van der Waals surface area contributed by atoms with Crippen LogP contribution in [0.3, 0.4) is 0 Å². The van der Waals surface area contributed by atoms with Gasteiger partial charge in [-0.2, -0.15) is 0 Å². The third-order valence-corrected chi connectivity index (χ3v) is 19.3. The highest BCUT2D eigenvalue weighted by atomic mass is 31.2. The van der Waals surface area contributed by atoms with Crippen molar-refractivity contribution < 1.29 is 80.2 Å². The molecule has 19 heteroatoms. The fraction of sp³-hybridized carbons (Fsp3) is 0.944. The molecule has 0 bridgehead atoms. The molecule has 90 heavy (non-hydrogen) atoms. The second-order valence-electron chi connectivity index (χ2n) is 26.8. The first kappa shape index (κ1) is 88.1. The average molecular weight is 1330 g/mol. The smallest absolute Gasteiger partial charge is 0.462 e. The molecular weight excluding hydrogens is 1190 g/mol. The molecule has 0 rings (SSSR count). The molecule has 0 aliphatic heterocycles. The molecule has 8 atom stereocenters. The molecule has 0 spiro atoms. The zero-order chi connectivity index (χ0) is 66.8. The highest BCUT2D eigenvalue weighted by Crippen LogP contribution is 2.45. The number of aliphatic hydroxyl groups is 1. The summed E-state index contributed by atoms with van der Waals surface area (Å²) in [5.41, 5.74) is 0. The molecule has 3 N–H and O–H groups in total. The third-order valence-electron chi connectivity index (χ3n) is 17.4. The van der Waals surface area contributed by atoms with E-state index in [1.54, 1.807) is 0 Å². The summed E-state index contributed by atoms with van der Waals surface area (Å²) < 4.78 is 68.3. The molecule has 0 amide bonds. The minimum atomic E-state index is -4.95. The largest absolute Gasteiger partial charge is 0.472 e. The van der Waals surface area contributed by atoms with Crippen LogP contribution in [0.15, 0.2) is 0 Å². The van der Waals surface area contributed by atoms with Gasteiger partial charge in [0.15, 0.2) is 12.2 Å². The van der Waals surface area contributed by atoms with Crippen LogP contribution in [0.25, 0.3) is 0 Å². The quantitative estimate of drug-likeness (QED) is 0.0222. The van der Waals surface area contributed by atoms with Crippen molar-refractivity contribution in [3.05, 3.63) is 0 Å². The van der Waals surface area contributed by atoms with E-state index in [-0.39, 0.29) is 25.7 Å². The van der Waals surface area contributed by atoms with Gasteiger partial charge >= 0.3 is 39.5 Å². The van der Waals surface area contributed by atoms with Crippen LogP contribution >= 0.6 is 15.6 Å². The Labute approximate surface area is 549 Å². The van der Waals surface area contributed by atoms with Gasteiger partial charge < -0.3 is 33.8 Å². The molecule has 0 heterocycles. The number of esters is 4. The first-order valence-electron chi connectivity index (χ1n) is 36.8. The Morgan fingerprint density at radius 2 is 0.533 bits per heavy atom. The van der Waals surface area contributed by atoms with Crippen LogP contribution < -0.4 is 0 Å². The molecule has 0 aromatic heterocycles. The number of aliphatic hydroxyl groups excluding tert-OH is 1. The van der Waals surface area contributed by atoms with Crippen molar-refractivity contribution in [2.45, 2.75) is 369 Å². The Kier molecular flexibility index (Phi) is 59.4. The van der Waals surface area contributed by atoms with Crippen LogP contribution in [-0.2, 0) is 65.4 Å². The van der Waals surface area contributed by atoms with Gasteiger partial charge in [0.25, 0.3) is 0 Å². The molecule has 5 unspecified atom stereocenters. The number of phosphoric ester groups is 2. The monoisotopic (exact) mass is 1320 g/mol. The number of phosphoric acid groups is 2. The topological polar surface area (TPSA) is 237 Å². The molecule has 0 saturated heterocycles. The van der Waals surface area contributed by atoms with Crippen molar-refractivity contribution in [3.63, 3.8) is 0 Å². The first-order chi connectivity index (χ1) is 43.2. The summed E-state index contributed by atoms with van der Waals surface area (Å²) in [4.78, 5) is 72.5. The van der Waals surface area contributed by atoms with Crippen LogP contribution in [0.2, 0.25) is 0 Å². The van der Waals surface area contributed by atoms with Crippen LogP contribution in [0, 0.1) is 23.7 Å². The summed E-state index contributed by atoms with van der Waals surface area (Å²) in [5.74, 6) is 0.899. The van der Waals surface area contributed by atoms with Gasteiger partial charge in [-0.1, -0.05) is 299 Å². The number of ether oxygens (including phenoxy) is 4. The summed E-state index contributed by atoms with van der Waals surface area (Å²) in [6.45, 7) is 14.1. The third kappa shape index (κ3) is 61.0. The van der Waals surface area contributed by atoms with Crippen molar-refractivity contribution in [2.75, 3.05) is 39.6 Å². The summed E-state index contributed by atoms with van der Waals surface area (Å²) >= 11 is 0. The van der Waals surface area contributed by atoms with E-state index < -0.39 is 97.5 Å². The van der Waals surface area contributed by atoms with Crippen molar-refractivity contribution in [3.8, 4) is 0 Å². The normalized spacial score (nSPS) is 15.2. The molecular formula is C71H138O17P2. The van der Waals surface area contributed by atoms with E-state index in [9.17, 15) is 43.2 Å². The predicted molar refractivity (Wildman–Crippen MR) is 363 cm³/mol. The van der Waals surface area contributed by atoms with Crippen LogP contribution in [0.4, 0.5) is 0 Å². The Balaban J connectivity index is 5.22. The Bertz CT molecular complexity index is 1790. The van der Waals surface area contributed by atoms with E-state index in [0.717, 1.165) is 120 Å². The molecule has 0 aliphatic rings. The van der Waals surface area contributed by atoms with Gasteiger partial charge in [-0.3, -0.25) is 37.3 Å². The van der Waals surface area contributed by atoms with Crippen LogP contribution in [0.5, 0.6) is 0 Å². The molecule has 0 fully saturated rings. The molecule has 0 aromatic carbocycles. The lowest BCUT2D eigenvalue weighted by atomic mass is 9.99. The van der Waals surface area contributed by atoms with Crippen molar-refractivity contribution in [1.82, 2.24) is 0 Å². The molecule has 0 saturated carbocycles. The average Bonchev–Trinajstić information content (AvgIpc) is 2.90. The van der Waals surface area contributed by atoms with E-state index in [1.807, 2.05) is 0 Å². The van der Waals surface area contributed by atoms with E-state index in [1.165, 1.54) is 148 Å². The maximum atomic E-state index is 13.0. The van der Waals surface area contributed by atoms with Gasteiger partial charge in [-0.15, -0.1) is 0 Å². The van der Waals surface area contributed by atoms with E-state index >= 15 is 0 Å². The molecule has 534 valence electrons. The minimum absolute atomic E-state index is 0.102. The highest BCUT2D eigenvalue weighted by Gasteiger charge is 2.30. The van der Waals surface area contributed by atoms with E-state index in [2.05, 4.69) is 55.4 Å². The number of rotatable bonds is 68. The SMILES string of the molecule is CCC(C)CCCCCCCCCCC(=O)OC[C@H](COP(=O)(O)OC[C@@H](O)COP(=O)(O)OC[C@@H](COC(=O)CCCCCCCCC(C)CC)OC(=O)CCCCCCCCCCCCCCCCCC(C)C)OC(=O)CCCCCCCCC(C)CC. The van der Waals surface area contributed by atoms with Crippen LogP contribution in [-0.4, -0.2) is 96.7 Å². The summed E-state index contributed by atoms with van der Waals surface area (Å²) in [6, 6.07) is 0. The van der Waals surface area contributed by atoms with Crippen molar-refractivity contribution >= 4 is 39.5 Å². The van der Waals surface area contributed by atoms with Crippen molar-refractivity contribution in [1.29, 1.82) is 0 Å². The summed E-state index contributed by atoms with van der Waals surface area (Å²) in [5, 5.41) is 10.6. The fourth-order valence-electron chi connectivity index (χ4n) is 10.6. The standard InChI is InChI=1S/C71H138O17P2/c1-9-62(6)48-40-32-24-21-22-25-35-43-51-68(73)81-57-67(88-71(76)54-46-38-30-28-34-42-50-64(8)11-3)60-86-90(79,80)84-56-65(72)55-83-89(77,78)85-59-66(58-82-69(74)52-44-36-29-27-33-41-49-63(7)10-2)87-70(75)53-45-37-26-20-18-16-14-12-13-15-17-19-23-31-39-47-61(4)5/h61-67,72H,9-60H2,1-8H3,(H,77,78)(H,79,80)/t62?,63?,64?,65-,66+,67+/m0/s1. The Morgan fingerprint density at radius 3 is 0.789 bits per heavy atom. The summed E-state index contributed by atoms with van der Waals surface area (Å²) in [6.07, 6.45) is 43.1. The van der Waals surface area contributed by atoms with Gasteiger partial charge in [-0.25, -0.2) is 9.13 Å². The van der Waals surface area contributed by atoms with Gasteiger partial charge in [0.05, 0.1) is 26.4 Å². The lowest BCUT2D eigenvalue weighted by Gasteiger charge is -2.21. The van der Waals surface area contributed by atoms with Gasteiger partial charge in [0.2, 0.25) is 0 Å². The highest BCUT2D eigenvalue weighted by molar-refractivity contribution is 7.47. The molecule has 0 aliphatic carbocycles. The van der Waals surface area contributed by atoms with E-state index in [0.29, 0.717) is 25.7 Å². The maximum absolute atomic E-state index is 13.0. The zero-order valence-electron chi connectivity index (χ0n) is 58.8. The minimum Gasteiger partial charge on any atom is -0.462 e. The predicted octanol–water partition coefficient (Wildman–Crippen LogP) is 20.1. The molecule has 17 nitrogen and oxygen atoms in total. The lowest BCUT2D eigenvalue weighted by Crippen LogP contribution is -2.30. The van der Waals surface area contributed by atoms with Gasteiger partial charge in [-0.05, 0) is 49.4 Å². The molecule has 0 aromatic rings. The first-order valence-corrected chi connectivity index (χ1v) is 39.8. The number of hydrogen-bond acceptors (Lipinski definition) is 15. The second kappa shape index (κ2) is 60.7. The fourth-order valence-corrected chi connectivity index (χ4v) is 12.1. The van der Waals surface area contributed by atoms with E-state index in [4.69, 9.17) is 37.0 Å². The van der Waals surface area contributed by atoms with Crippen molar-refractivity contribution in [2.24, 2.45) is 23.7 Å². The van der Waals surface area contributed by atoms with Gasteiger partial charge in [0, 0.05) is 25.7 Å². The second-order valence-corrected chi connectivity index (χ2v) is 29.7. The summed E-state index contributed by atoms with van der Waals surface area (Å²) in [7, 11) is -9.90. The number of unbranched alkanes of at least 4 members (excludes halogenated alkanes) is 31. The maximum Gasteiger partial charge on any atom is 0.472 e. The number of carbonyl (C=O) groups is 4. The molecule has 0 radical (unpaired) electrons. The van der Waals surface area contributed by atoms with Gasteiger partial charge in [0.1, 0.15) is 19.3 Å². The lowest BCUT2D eigenvalue weighted by molar-refractivity contribution is -0.161. The number of hydrogen-bond donors (Lipinski definition) is 3. The number of carbonyl (C=O) groups excluding carboxylic acids is 4. The Morgan fingerprint density at radius 1 is 0.311 bits per heavy atom.